The largest absolute Gasteiger partial charge is 0.489 e. The van der Waals surface area contributed by atoms with Gasteiger partial charge in [-0.1, -0.05) is 0 Å². The van der Waals surface area contributed by atoms with E-state index in [1.165, 1.54) is 0 Å². The third-order valence-corrected chi connectivity index (χ3v) is 2.34. The Hall–Kier alpha value is -1.84. The van der Waals surface area contributed by atoms with Gasteiger partial charge >= 0.3 is 0 Å². The predicted molar refractivity (Wildman–Crippen MR) is 61.9 cm³/mol. The third-order valence-electron chi connectivity index (χ3n) is 2.34. The van der Waals surface area contributed by atoms with Crippen LogP contribution in [0.2, 0.25) is 0 Å². The van der Waals surface area contributed by atoms with Crippen LogP contribution in [0.5, 0.6) is 5.75 Å². The minimum atomic E-state index is 0.0974. The van der Waals surface area contributed by atoms with Crippen molar-refractivity contribution in [2.75, 3.05) is 0 Å². The van der Waals surface area contributed by atoms with Gasteiger partial charge in [0.2, 0.25) is 0 Å². The second-order valence-corrected chi connectivity index (χ2v) is 3.99. The van der Waals surface area contributed by atoms with Crippen molar-refractivity contribution in [1.82, 2.24) is 9.55 Å². The number of pyridine rings is 1. The molecule has 2 aromatic heterocycles. The molecular weight excluding hydrogens is 204 g/mol. The molecule has 0 fully saturated rings. The lowest BCUT2D eigenvalue weighted by Crippen LogP contribution is -2.06. The van der Waals surface area contributed by atoms with Gasteiger partial charge in [-0.25, -0.2) is 0 Å². The standard InChI is InChI=1S/C12H14N2O2/c1-8(2)16-10-4-5-13-11-9(7-15)6-14(3)12(10)11/h4-8H,1-3H3. The Kier molecular flexibility index (Phi) is 2.64. The zero-order chi connectivity index (χ0) is 11.7. The van der Waals surface area contributed by atoms with E-state index in [9.17, 15) is 4.79 Å². The second kappa shape index (κ2) is 3.96. The first-order valence-corrected chi connectivity index (χ1v) is 5.19. The summed E-state index contributed by atoms with van der Waals surface area (Å²) < 4.78 is 7.55. The number of aromatic nitrogens is 2. The molecule has 2 aromatic rings. The minimum Gasteiger partial charge on any atom is -0.489 e. The van der Waals surface area contributed by atoms with Gasteiger partial charge in [0.1, 0.15) is 16.8 Å². The van der Waals surface area contributed by atoms with Gasteiger partial charge in [-0.05, 0) is 13.8 Å². The second-order valence-electron chi connectivity index (χ2n) is 3.99. The molecule has 4 nitrogen and oxygen atoms in total. The molecule has 0 saturated heterocycles. The SMILES string of the molecule is CC(C)Oc1ccnc2c(C=O)cn(C)c12. The van der Waals surface area contributed by atoms with Gasteiger partial charge in [0, 0.05) is 25.5 Å². The Bertz CT molecular complexity index is 529. The molecule has 0 bridgehead atoms. The Morgan fingerprint density at radius 2 is 2.25 bits per heavy atom. The van der Waals surface area contributed by atoms with Crippen LogP contribution in [-0.4, -0.2) is 21.9 Å². The van der Waals surface area contributed by atoms with E-state index in [1.54, 1.807) is 12.4 Å². The fourth-order valence-corrected chi connectivity index (χ4v) is 1.76. The highest BCUT2D eigenvalue weighted by molar-refractivity contribution is 5.97. The number of ether oxygens (including phenoxy) is 1. The zero-order valence-electron chi connectivity index (χ0n) is 9.60. The van der Waals surface area contributed by atoms with E-state index in [2.05, 4.69) is 4.98 Å². The van der Waals surface area contributed by atoms with Gasteiger partial charge in [-0.2, -0.15) is 0 Å². The molecule has 0 amide bonds. The fraction of sp³-hybridized carbons (Fsp3) is 0.333. The molecule has 2 heterocycles. The van der Waals surface area contributed by atoms with Crippen LogP contribution in [0.1, 0.15) is 24.2 Å². The lowest BCUT2D eigenvalue weighted by molar-refractivity contribution is 0.112. The van der Waals surface area contributed by atoms with E-state index in [-0.39, 0.29) is 6.10 Å². The average Bonchev–Trinajstić information content (AvgIpc) is 2.56. The molecule has 0 saturated carbocycles. The van der Waals surface area contributed by atoms with Gasteiger partial charge in [0.05, 0.1) is 11.7 Å². The van der Waals surface area contributed by atoms with Crippen LogP contribution in [0, 0.1) is 0 Å². The van der Waals surface area contributed by atoms with Crippen LogP contribution in [0.4, 0.5) is 0 Å². The lowest BCUT2D eigenvalue weighted by atomic mass is 10.3. The molecule has 0 N–H and O–H groups in total. The van der Waals surface area contributed by atoms with Gasteiger partial charge in [-0.3, -0.25) is 9.78 Å². The van der Waals surface area contributed by atoms with Crippen LogP contribution in [0.3, 0.4) is 0 Å². The van der Waals surface area contributed by atoms with Crippen LogP contribution in [0.25, 0.3) is 11.0 Å². The number of nitrogens with zero attached hydrogens (tertiary/aromatic N) is 2. The Morgan fingerprint density at radius 3 is 2.88 bits per heavy atom. The summed E-state index contributed by atoms with van der Waals surface area (Å²) in [5.74, 6) is 0.760. The summed E-state index contributed by atoms with van der Waals surface area (Å²) in [5.41, 5.74) is 2.14. The quantitative estimate of drug-likeness (QED) is 0.741. The molecule has 0 radical (unpaired) electrons. The highest BCUT2D eigenvalue weighted by atomic mass is 16.5. The number of aryl methyl sites for hydroxylation is 1. The molecule has 0 aliphatic carbocycles. The topological polar surface area (TPSA) is 44.1 Å². The van der Waals surface area contributed by atoms with Gasteiger partial charge in [-0.15, -0.1) is 0 Å². The normalized spacial score (nSPS) is 11.0. The summed E-state index contributed by atoms with van der Waals surface area (Å²) in [6, 6.07) is 1.82. The Balaban J connectivity index is 2.67. The molecule has 0 unspecified atom stereocenters. The number of carbonyl (C=O) groups is 1. The molecule has 0 atom stereocenters. The summed E-state index contributed by atoms with van der Waals surface area (Å²) in [6.45, 7) is 3.94. The van der Waals surface area contributed by atoms with Crippen molar-refractivity contribution in [1.29, 1.82) is 0 Å². The van der Waals surface area contributed by atoms with Crippen LogP contribution < -0.4 is 4.74 Å². The zero-order valence-corrected chi connectivity index (χ0v) is 9.60. The Morgan fingerprint density at radius 1 is 1.50 bits per heavy atom. The maximum Gasteiger partial charge on any atom is 0.153 e. The molecule has 0 aliphatic rings. The molecule has 2 rings (SSSR count). The first-order valence-electron chi connectivity index (χ1n) is 5.19. The Labute approximate surface area is 93.9 Å². The van der Waals surface area contributed by atoms with Crippen molar-refractivity contribution in [3.8, 4) is 5.75 Å². The number of carbonyl (C=O) groups excluding carboxylic acids is 1. The van der Waals surface area contributed by atoms with Gasteiger partial charge in [0.15, 0.2) is 6.29 Å². The van der Waals surface area contributed by atoms with E-state index in [1.807, 2.05) is 31.5 Å². The highest BCUT2D eigenvalue weighted by Gasteiger charge is 2.12. The maximum absolute atomic E-state index is 10.9. The molecule has 0 spiro atoms. The summed E-state index contributed by atoms with van der Waals surface area (Å²) in [7, 11) is 1.88. The lowest BCUT2D eigenvalue weighted by Gasteiger charge is -2.11. The third kappa shape index (κ3) is 1.66. The molecule has 4 heteroatoms. The number of hydrogen-bond acceptors (Lipinski definition) is 3. The van der Waals surface area contributed by atoms with E-state index >= 15 is 0 Å². The molecular formula is C12H14N2O2. The van der Waals surface area contributed by atoms with Gasteiger partial charge < -0.3 is 9.30 Å². The highest BCUT2D eigenvalue weighted by Crippen LogP contribution is 2.27. The number of fused-ring (bicyclic) bond motifs is 1. The smallest absolute Gasteiger partial charge is 0.153 e. The van der Waals surface area contributed by atoms with E-state index < -0.39 is 0 Å². The first kappa shape index (κ1) is 10.7. The van der Waals surface area contributed by atoms with Crippen molar-refractivity contribution >= 4 is 17.3 Å². The van der Waals surface area contributed by atoms with E-state index in [0.717, 1.165) is 17.6 Å². The van der Waals surface area contributed by atoms with Crippen molar-refractivity contribution in [2.24, 2.45) is 7.05 Å². The number of aldehydes is 1. The molecule has 84 valence electrons. The summed E-state index contributed by atoms with van der Waals surface area (Å²) in [6.07, 6.45) is 4.33. The van der Waals surface area contributed by atoms with Crippen LogP contribution >= 0.6 is 0 Å². The average molecular weight is 218 g/mol. The summed E-state index contributed by atoms with van der Waals surface area (Å²) in [4.78, 5) is 15.1. The maximum atomic E-state index is 10.9. The molecule has 0 aliphatic heterocycles. The predicted octanol–water partition coefficient (Wildman–Crippen LogP) is 2.17. The fourth-order valence-electron chi connectivity index (χ4n) is 1.76. The first-order chi connectivity index (χ1) is 7.63. The monoisotopic (exact) mass is 218 g/mol. The van der Waals surface area contributed by atoms with Crippen LogP contribution in [-0.2, 0) is 7.05 Å². The van der Waals surface area contributed by atoms with Crippen molar-refractivity contribution < 1.29 is 9.53 Å². The number of hydrogen-bond donors (Lipinski definition) is 0. The number of rotatable bonds is 3. The van der Waals surface area contributed by atoms with E-state index in [0.29, 0.717) is 11.1 Å². The van der Waals surface area contributed by atoms with E-state index in [4.69, 9.17) is 4.74 Å². The van der Waals surface area contributed by atoms with Crippen LogP contribution in [0.15, 0.2) is 18.5 Å². The minimum absolute atomic E-state index is 0.0974. The summed E-state index contributed by atoms with van der Waals surface area (Å²) >= 11 is 0. The molecule has 0 aromatic carbocycles. The molecule has 16 heavy (non-hydrogen) atoms. The van der Waals surface area contributed by atoms with Crippen molar-refractivity contribution in [2.45, 2.75) is 20.0 Å². The summed E-state index contributed by atoms with van der Waals surface area (Å²) in [5, 5.41) is 0. The van der Waals surface area contributed by atoms with Crippen molar-refractivity contribution in [3.05, 3.63) is 24.0 Å². The van der Waals surface area contributed by atoms with Crippen molar-refractivity contribution in [3.63, 3.8) is 0 Å². The van der Waals surface area contributed by atoms with Gasteiger partial charge in [0.25, 0.3) is 0 Å².